The van der Waals surface area contributed by atoms with Crippen molar-refractivity contribution in [3.63, 3.8) is 0 Å². The summed E-state index contributed by atoms with van der Waals surface area (Å²) in [5, 5.41) is 0. The van der Waals surface area contributed by atoms with E-state index in [1.807, 2.05) is 12.1 Å². The summed E-state index contributed by atoms with van der Waals surface area (Å²) in [7, 11) is 1.63. The minimum absolute atomic E-state index is 0. The molecule has 0 saturated carbocycles. The van der Waals surface area contributed by atoms with Gasteiger partial charge in [-0.05, 0) is 31.9 Å². The van der Waals surface area contributed by atoms with Gasteiger partial charge < -0.3 is 15.2 Å². The molecule has 0 aliphatic heterocycles. The summed E-state index contributed by atoms with van der Waals surface area (Å²) in [6.07, 6.45) is 6.35. The summed E-state index contributed by atoms with van der Waals surface area (Å²) >= 11 is 0. The molecule has 1 aromatic rings. The van der Waals surface area contributed by atoms with Crippen LogP contribution in [0, 0.1) is 0 Å². The summed E-state index contributed by atoms with van der Waals surface area (Å²) in [6.45, 7) is 4.32. The van der Waals surface area contributed by atoms with Crippen LogP contribution in [-0.2, 0) is 0 Å². The Kier molecular flexibility index (Phi) is 9.23. The number of unbranched alkanes of at least 4 members (excludes halogenated alkanes) is 3. The third kappa shape index (κ3) is 6.58. The summed E-state index contributed by atoms with van der Waals surface area (Å²) < 4.78 is 11.2. The van der Waals surface area contributed by atoms with Gasteiger partial charge in [0.2, 0.25) is 0 Å². The second-order valence-corrected chi connectivity index (χ2v) is 4.69. The SMILES string of the molecule is CCCCCCC(C)Oc1ccc(N)cc1OC.Cl. The molecule has 1 aromatic carbocycles. The lowest BCUT2D eigenvalue weighted by molar-refractivity contribution is 0.198. The zero-order valence-corrected chi connectivity index (χ0v) is 13.0. The van der Waals surface area contributed by atoms with Crippen LogP contribution in [0.25, 0.3) is 0 Å². The molecule has 1 atom stereocenters. The van der Waals surface area contributed by atoms with Crippen molar-refractivity contribution in [2.45, 2.75) is 52.1 Å². The highest BCUT2D eigenvalue weighted by Gasteiger charge is 2.09. The van der Waals surface area contributed by atoms with Gasteiger partial charge in [-0.3, -0.25) is 0 Å². The van der Waals surface area contributed by atoms with Crippen molar-refractivity contribution in [3.05, 3.63) is 18.2 Å². The van der Waals surface area contributed by atoms with Crippen LogP contribution in [0.2, 0.25) is 0 Å². The fraction of sp³-hybridized carbons (Fsp3) is 0.600. The number of nitrogen functional groups attached to an aromatic ring is 1. The number of halogens is 1. The van der Waals surface area contributed by atoms with Gasteiger partial charge in [-0.25, -0.2) is 0 Å². The molecule has 0 aliphatic carbocycles. The van der Waals surface area contributed by atoms with Crippen molar-refractivity contribution in [2.24, 2.45) is 0 Å². The fourth-order valence-corrected chi connectivity index (χ4v) is 1.92. The van der Waals surface area contributed by atoms with Crippen LogP contribution in [0.4, 0.5) is 5.69 Å². The maximum atomic E-state index is 5.89. The van der Waals surface area contributed by atoms with Gasteiger partial charge in [0.05, 0.1) is 13.2 Å². The van der Waals surface area contributed by atoms with E-state index in [1.54, 1.807) is 13.2 Å². The lowest BCUT2D eigenvalue weighted by Gasteiger charge is -2.17. The molecule has 0 heterocycles. The van der Waals surface area contributed by atoms with Gasteiger partial charge in [-0.1, -0.05) is 26.2 Å². The molecule has 0 bridgehead atoms. The molecule has 1 unspecified atom stereocenters. The molecule has 4 heteroatoms. The summed E-state index contributed by atoms with van der Waals surface area (Å²) in [4.78, 5) is 0. The van der Waals surface area contributed by atoms with E-state index in [1.165, 1.54) is 25.7 Å². The van der Waals surface area contributed by atoms with E-state index in [0.717, 1.165) is 12.2 Å². The number of benzene rings is 1. The van der Waals surface area contributed by atoms with E-state index < -0.39 is 0 Å². The Morgan fingerprint density at radius 3 is 2.53 bits per heavy atom. The number of rotatable bonds is 8. The molecule has 0 radical (unpaired) electrons. The van der Waals surface area contributed by atoms with Crippen LogP contribution < -0.4 is 15.2 Å². The van der Waals surface area contributed by atoms with E-state index >= 15 is 0 Å². The quantitative estimate of drug-likeness (QED) is 0.568. The molecule has 3 nitrogen and oxygen atoms in total. The molecule has 110 valence electrons. The van der Waals surface area contributed by atoms with Crippen LogP contribution in [-0.4, -0.2) is 13.2 Å². The van der Waals surface area contributed by atoms with Gasteiger partial charge in [0.25, 0.3) is 0 Å². The number of anilines is 1. The summed E-state index contributed by atoms with van der Waals surface area (Å²) in [5.74, 6) is 1.48. The standard InChI is InChI=1S/C15H25NO2.ClH/c1-4-5-6-7-8-12(2)18-14-10-9-13(16)11-15(14)17-3;/h9-12H,4-8,16H2,1-3H3;1H. The van der Waals surface area contributed by atoms with Crippen molar-refractivity contribution < 1.29 is 9.47 Å². The Hall–Kier alpha value is -1.09. The average Bonchev–Trinajstić information content (AvgIpc) is 2.37. The molecule has 0 fully saturated rings. The van der Waals surface area contributed by atoms with Crippen molar-refractivity contribution in [2.75, 3.05) is 12.8 Å². The van der Waals surface area contributed by atoms with Gasteiger partial charge in [0.1, 0.15) is 0 Å². The summed E-state index contributed by atoms with van der Waals surface area (Å²) in [6, 6.07) is 5.50. The second kappa shape index (κ2) is 9.79. The molecule has 0 aliphatic rings. The van der Waals surface area contributed by atoms with Gasteiger partial charge in [0.15, 0.2) is 11.5 Å². The number of hydrogen-bond acceptors (Lipinski definition) is 3. The molecule has 0 aromatic heterocycles. The maximum Gasteiger partial charge on any atom is 0.162 e. The largest absolute Gasteiger partial charge is 0.493 e. The van der Waals surface area contributed by atoms with E-state index in [9.17, 15) is 0 Å². The molecule has 0 saturated heterocycles. The zero-order chi connectivity index (χ0) is 13.4. The van der Waals surface area contributed by atoms with Crippen molar-refractivity contribution in [1.29, 1.82) is 0 Å². The van der Waals surface area contributed by atoms with Crippen molar-refractivity contribution in [3.8, 4) is 11.5 Å². The Morgan fingerprint density at radius 1 is 1.16 bits per heavy atom. The van der Waals surface area contributed by atoms with Gasteiger partial charge >= 0.3 is 0 Å². The Balaban J connectivity index is 0.00000324. The summed E-state index contributed by atoms with van der Waals surface area (Å²) in [5.41, 5.74) is 6.40. The highest BCUT2D eigenvalue weighted by Crippen LogP contribution is 2.30. The van der Waals surface area contributed by atoms with Crippen LogP contribution in [0.1, 0.15) is 46.0 Å². The number of methoxy groups -OCH3 is 1. The fourth-order valence-electron chi connectivity index (χ4n) is 1.92. The third-order valence-electron chi connectivity index (χ3n) is 2.98. The predicted molar refractivity (Wildman–Crippen MR) is 83.5 cm³/mol. The lowest BCUT2D eigenvalue weighted by atomic mass is 10.1. The van der Waals surface area contributed by atoms with Crippen LogP contribution in [0.15, 0.2) is 18.2 Å². The lowest BCUT2D eigenvalue weighted by Crippen LogP contribution is -2.12. The van der Waals surface area contributed by atoms with Crippen LogP contribution in [0.3, 0.4) is 0 Å². The van der Waals surface area contributed by atoms with Crippen molar-refractivity contribution >= 4 is 18.1 Å². The molecular weight excluding hydrogens is 262 g/mol. The zero-order valence-electron chi connectivity index (χ0n) is 12.1. The molecule has 19 heavy (non-hydrogen) atoms. The van der Waals surface area contributed by atoms with E-state index in [4.69, 9.17) is 15.2 Å². The smallest absolute Gasteiger partial charge is 0.162 e. The van der Waals surface area contributed by atoms with Crippen molar-refractivity contribution in [1.82, 2.24) is 0 Å². The first kappa shape index (κ1) is 17.9. The third-order valence-corrected chi connectivity index (χ3v) is 2.98. The van der Waals surface area contributed by atoms with Gasteiger partial charge in [0, 0.05) is 11.8 Å². The topological polar surface area (TPSA) is 44.5 Å². The Morgan fingerprint density at radius 2 is 1.89 bits per heavy atom. The van der Waals surface area contributed by atoms with Gasteiger partial charge in [-0.2, -0.15) is 0 Å². The predicted octanol–water partition coefficient (Wildman–Crippen LogP) is 4.44. The van der Waals surface area contributed by atoms with Crippen LogP contribution in [0.5, 0.6) is 11.5 Å². The maximum absolute atomic E-state index is 5.89. The van der Waals surface area contributed by atoms with Gasteiger partial charge in [-0.15, -0.1) is 12.4 Å². The number of nitrogens with two attached hydrogens (primary N) is 1. The molecule has 0 amide bonds. The Bertz CT molecular complexity index is 358. The molecular formula is C15H26ClNO2. The first-order chi connectivity index (χ1) is 8.67. The molecule has 1 rings (SSSR count). The molecule has 2 N–H and O–H groups in total. The highest BCUT2D eigenvalue weighted by atomic mass is 35.5. The first-order valence-corrected chi connectivity index (χ1v) is 6.77. The van der Waals surface area contributed by atoms with E-state index in [2.05, 4.69) is 13.8 Å². The number of hydrogen-bond donors (Lipinski definition) is 1. The van der Waals surface area contributed by atoms with E-state index in [-0.39, 0.29) is 18.5 Å². The average molecular weight is 288 g/mol. The Labute approximate surface area is 122 Å². The molecule has 0 spiro atoms. The second-order valence-electron chi connectivity index (χ2n) is 4.69. The van der Waals surface area contributed by atoms with E-state index in [0.29, 0.717) is 11.4 Å². The normalized spacial score (nSPS) is 11.5. The minimum atomic E-state index is 0. The highest BCUT2D eigenvalue weighted by molar-refractivity contribution is 5.85. The number of ether oxygens (including phenoxy) is 2. The minimum Gasteiger partial charge on any atom is -0.493 e. The monoisotopic (exact) mass is 287 g/mol. The first-order valence-electron chi connectivity index (χ1n) is 6.77. The van der Waals surface area contributed by atoms with Crippen LogP contribution >= 0.6 is 12.4 Å².